The number of carboxylic acid groups (broad SMARTS) is 2. The number of rotatable bonds is 20. The fraction of sp³-hybridized carbons (Fsp3) is 0.818. The van der Waals surface area contributed by atoms with Crippen LogP contribution in [-0.2, 0) is 9.59 Å². The van der Waals surface area contributed by atoms with Crippen molar-refractivity contribution in [2.24, 2.45) is 0 Å². The minimum absolute atomic E-state index is 0.0408. The molecule has 6 heteroatoms. The molecule has 3 N–H and O–H groups in total. The summed E-state index contributed by atoms with van der Waals surface area (Å²) in [6, 6.07) is 0. The molecule has 0 rings (SSSR count). The topological polar surface area (TPSA) is 94.8 Å². The molecule has 0 fully saturated rings. The normalized spacial score (nSPS) is 13.6. The fourth-order valence-corrected chi connectivity index (χ4v) is 4.14. The van der Waals surface area contributed by atoms with Gasteiger partial charge in [0, 0.05) is 17.4 Å². The molecule has 0 amide bonds. The van der Waals surface area contributed by atoms with Crippen molar-refractivity contribution >= 4 is 23.7 Å². The van der Waals surface area contributed by atoms with Gasteiger partial charge in [0.1, 0.15) is 0 Å². The summed E-state index contributed by atoms with van der Waals surface area (Å²) >= 11 is 1.38. The van der Waals surface area contributed by atoms with Gasteiger partial charge >= 0.3 is 11.9 Å². The molecule has 28 heavy (non-hydrogen) atoms. The van der Waals surface area contributed by atoms with Gasteiger partial charge in [-0.3, -0.25) is 9.59 Å². The number of carbonyl (C=O) groups is 2. The van der Waals surface area contributed by atoms with Crippen molar-refractivity contribution in [2.75, 3.05) is 5.75 Å². The maximum absolute atomic E-state index is 10.7. The molecule has 0 aliphatic rings. The van der Waals surface area contributed by atoms with Crippen molar-refractivity contribution in [3.63, 3.8) is 0 Å². The molecule has 0 aliphatic carbocycles. The van der Waals surface area contributed by atoms with Crippen LogP contribution in [0, 0.1) is 0 Å². The number of hydrogen-bond acceptors (Lipinski definition) is 4. The summed E-state index contributed by atoms with van der Waals surface area (Å²) in [6.07, 6.45) is 17.2. The van der Waals surface area contributed by atoms with Crippen molar-refractivity contribution in [1.82, 2.24) is 0 Å². The van der Waals surface area contributed by atoms with E-state index < -0.39 is 18.0 Å². The smallest absolute Gasteiger partial charge is 0.304 e. The Labute approximate surface area is 175 Å². The first-order valence-electron chi connectivity index (χ1n) is 10.9. The second kappa shape index (κ2) is 19.3. The second-order valence-electron chi connectivity index (χ2n) is 7.38. The summed E-state index contributed by atoms with van der Waals surface area (Å²) < 4.78 is 0. The van der Waals surface area contributed by atoms with E-state index in [0.29, 0.717) is 5.75 Å². The molecule has 2 unspecified atom stereocenters. The number of aliphatic hydroxyl groups is 1. The molecule has 0 aromatic heterocycles. The van der Waals surface area contributed by atoms with Crippen LogP contribution in [0.4, 0.5) is 0 Å². The molecule has 0 aromatic rings. The summed E-state index contributed by atoms with van der Waals surface area (Å²) in [5.41, 5.74) is 0. The molecule has 164 valence electrons. The fourth-order valence-electron chi connectivity index (χ4n) is 2.99. The lowest BCUT2D eigenvalue weighted by Crippen LogP contribution is -2.23. The predicted octanol–water partition coefficient (Wildman–Crippen LogP) is 5.66. The Hall–Kier alpha value is -1.01. The van der Waals surface area contributed by atoms with Gasteiger partial charge in [-0.1, -0.05) is 76.9 Å². The molecule has 0 saturated heterocycles. The third kappa shape index (κ3) is 18.4. The molecule has 0 saturated carbocycles. The highest BCUT2D eigenvalue weighted by molar-refractivity contribution is 8.00. The molecule has 0 heterocycles. The van der Waals surface area contributed by atoms with Crippen molar-refractivity contribution in [1.29, 1.82) is 0 Å². The van der Waals surface area contributed by atoms with Gasteiger partial charge in [-0.25, -0.2) is 0 Å². The van der Waals surface area contributed by atoms with Gasteiger partial charge in [-0.15, -0.1) is 0 Å². The van der Waals surface area contributed by atoms with Gasteiger partial charge in [-0.2, -0.15) is 11.8 Å². The Morgan fingerprint density at radius 1 is 0.857 bits per heavy atom. The van der Waals surface area contributed by atoms with Crippen molar-refractivity contribution in [2.45, 2.75) is 108 Å². The van der Waals surface area contributed by atoms with Gasteiger partial charge in [0.15, 0.2) is 0 Å². The Bertz CT molecular complexity index is 425. The summed E-state index contributed by atoms with van der Waals surface area (Å²) in [4.78, 5) is 21.4. The highest BCUT2D eigenvalue weighted by Crippen LogP contribution is 2.21. The van der Waals surface area contributed by atoms with Crippen LogP contribution in [-0.4, -0.2) is 44.4 Å². The van der Waals surface area contributed by atoms with E-state index in [-0.39, 0.29) is 24.5 Å². The largest absolute Gasteiger partial charge is 0.481 e. The quantitative estimate of drug-likeness (QED) is 0.175. The van der Waals surface area contributed by atoms with E-state index in [9.17, 15) is 14.7 Å². The molecule has 0 aliphatic heterocycles. The zero-order valence-electron chi connectivity index (χ0n) is 17.5. The van der Waals surface area contributed by atoms with Crippen molar-refractivity contribution < 1.29 is 24.9 Å². The first kappa shape index (κ1) is 27.0. The number of unbranched alkanes of at least 4 members (excludes halogenated alkanes) is 10. The van der Waals surface area contributed by atoms with E-state index in [1.54, 1.807) is 0 Å². The number of aliphatic hydroxyl groups excluding tert-OH is 1. The summed E-state index contributed by atoms with van der Waals surface area (Å²) in [5.74, 6) is -1.38. The first-order chi connectivity index (χ1) is 13.5. The number of carboxylic acids is 2. The number of thioether (sulfide) groups is 1. The lowest BCUT2D eigenvalue weighted by atomic mass is 10.1. The van der Waals surface area contributed by atoms with Gasteiger partial charge in [0.2, 0.25) is 0 Å². The number of allylic oxidation sites excluding steroid dienone is 1. The summed E-state index contributed by atoms with van der Waals surface area (Å²) in [7, 11) is 0. The lowest BCUT2D eigenvalue weighted by Gasteiger charge is -2.18. The molecular formula is C22H40O5S. The standard InChI is InChI=1S/C22H40O5S/c1-2-3-4-5-6-7-8-9-10-11-12-13-14-20(28-18-17-22(26)27)19(23)15-16-21(24)25/h13-14,19-20,23H,2-12,15-18H2,1H3,(H,24,25)(H,26,27)/b14-13-. The van der Waals surface area contributed by atoms with Gasteiger partial charge < -0.3 is 15.3 Å². The van der Waals surface area contributed by atoms with Crippen LogP contribution in [0.2, 0.25) is 0 Å². The molecule has 0 aromatic carbocycles. The van der Waals surface area contributed by atoms with Gasteiger partial charge in [0.25, 0.3) is 0 Å². The van der Waals surface area contributed by atoms with E-state index in [0.717, 1.165) is 12.8 Å². The zero-order valence-corrected chi connectivity index (χ0v) is 18.3. The molecule has 2 atom stereocenters. The highest BCUT2D eigenvalue weighted by atomic mass is 32.2. The van der Waals surface area contributed by atoms with E-state index in [4.69, 9.17) is 10.2 Å². The van der Waals surface area contributed by atoms with Crippen LogP contribution in [0.3, 0.4) is 0 Å². The second-order valence-corrected chi connectivity index (χ2v) is 8.66. The Morgan fingerprint density at radius 2 is 1.39 bits per heavy atom. The maximum atomic E-state index is 10.7. The third-order valence-corrected chi connectivity index (χ3v) is 6.01. The molecule has 0 spiro atoms. The number of hydrogen-bond donors (Lipinski definition) is 3. The lowest BCUT2D eigenvalue weighted by molar-refractivity contribution is -0.138. The van der Waals surface area contributed by atoms with E-state index in [1.165, 1.54) is 69.5 Å². The van der Waals surface area contributed by atoms with Crippen LogP contribution in [0.1, 0.15) is 96.8 Å². The highest BCUT2D eigenvalue weighted by Gasteiger charge is 2.18. The van der Waals surface area contributed by atoms with Crippen molar-refractivity contribution in [3.05, 3.63) is 12.2 Å². The average Bonchev–Trinajstić information content (AvgIpc) is 2.65. The summed E-state index contributed by atoms with van der Waals surface area (Å²) in [6.45, 7) is 2.24. The molecule has 0 radical (unpaired) electrons. The average molecular weight is 417 g/mol. The van der Waals surface area contributed by atoms with E-state index in [2.05, 4.69) is 6.92 Å². The monoisotopic (exact) mass is 416 g/mol. The minimum Gasteiger partial charge on any atom is -0.481 e. The number of aliphatic carboxylic acids is 2. The molecular weight excluding hydrogens is 376 g/mol. The zero-order chi connectivity index (χ0) is 21.0. The van der Waals surface area contributed by atoms with Crippen LogP contribution >= 0.6 is 11.8 Å². The Balaban J connectivity index is 3.96. The minimum atomic E-state index is -0.928. The maximum Gasteiger partial charge on any atom is 0.304 e. The van der Waals surface area contributed by atoms with Gasteiger partial charge in [-0.05, 0) is 19.3 Å². The van der Waals surface area contributed by atoms with Crippen molar-refractivity contribution in [3.8, 4) is 0 Å². The molecule has 0 bridgehead atoms. The van der Waals surface area contributed by atoms with Crippen LogP contribution in [0.25, 0.3) is 0 Å². The Morgan fingerprint density at radius 3 is 1.93 bits per heavy atom. The summed E-state index contributed by atoms with van der Waals surface area (Å²) in [5, 5.41) is 27.5. The van der Waals surface area contributed by atoms with E-state index >= 15 is 0 Å². The first-order valence-corrected chi connectivity index (χ1v) is 11.9. The van der Waals surface area contributed by atoms with Crippen LogP contribution < -0.4 is 0 Å². The molecule has 5 nitrogen and oxygen atoms in total. The van der Waals surface area contributed by atoms with Crippen LogP contribution in [0.5, 0.6) is 0 Å². The third-order valence-electron chi connectivity index (χ3n) is 4.71. The van der Waals surface area contributed by atoms with E-state index in [1.807, 2.05) is 12.2 Å². The SMILES string of the molecule is CCCCCCCCCCCC/C=C\C(SCCC(=O)O)C(O)CCC(=O)O. The van der Waals surface area contributed by atoms with Gasteiger partial charge in [0.05, 0.1) is 12.5 Å². The predicted molar refractivity (Wildman–Crippen MR) is 117 cm³/mol. The Kier molecular flexibility index (Phi) is 18.6. The van der Waals surface area contributed by atoms with Crippen LogP contribution in [0.15, 0.2) is 12.2 Å².